The monoisotopic (exact) mass is 159 g/mol. The van der Waals surface area contributed by atoms with Crippen molar-refractivity contribution < 1.29 is 32.3 Å². The standard InChI is InChI=1S/F3O4P.Li/c1-5-8(4,6-2)7-3;. The van der Waals surface area contributed by atoms with Gasteiger partial charge in [-0.1, -0.05) is 14.2 Å². The Labute approximate surface area is 59.8 Å². The summed E-state index contributed by atoms with van der Waals surface area (Å²) in [6.45, 7) is 0. The molecule has 0 bridgehead atoms. The van der Waals surface area contributed by atoms with Gasteiger partial charge in [0.05, 0.1) is 0 Å². The zero-order chi connectivity index (χ0) is 6.62. The maximum atomic E-state index is 10.5. The molecule has 0 atom stereocenters. The van der Waals surface area contributed by atoms with Gasteiger partial charge in [-0.05, 0) is 13.6 Å². The summed E-state index contributed by atoms with van der Waals surface area (Å²) in [4.78, 5) is 0. The minimum atomic E-state index is -5.16. The first-order valence-electron chi connectivity index (χ1n) is 1.19. The van der Waals surface area contributed by atoms with Crippen LogP contribution in [0.25, 0.3) is 0 Å². The molecule has 0 unspecified atom stereocenters. The molecule has 4 nitrogen and oxygen atoms in total. The molecule has 0 aliphatic heterocycles. The average molecular weight is 159 g/mol. The largest absolute Gasteiger partial charge is 0.568 e. The number of hydrogen-bond donors (Lipinski definition) is 0. The second-order valence-corrected chi connectivity index (χ2v) is 1.96. The van der Waals surface area contributed by atoms with Crippen molar-refractivity contribution in [3.05, 3.63) is 0 Å². The molecule has 0 saturated carbocycles. The third-order valence-electron chi connectivity index (χ3n) is 0.254. The van der Waals surface area contributed by atoms with E-state index in [9.17, 15) is 18.1 Å². The Bertz CT molecular complexity index is 87.0. The molecule has 0 N–H and O–H groups in total. The van der Waals surface area contributed by atoms with Crippen molar-refractivity contribution in [1.29, 1.82) is 0 Å². The summed E-state index contributed by atoms with van der Waals surface area (Å²) < 4.78 is 47.5. The van der Waals surface area contributed by atoms with Crippen LogP contribution in [-0.4, -0.2) is 18.9 Å². The minimum Gasteiger partial charge on any atom is -0.220 e. The molecule has 0 aliphatic rings. The smallest absolute Gasteiger partial charge is 0.220 e. The van der Waals surface area contributed by atoms with Crippen LogP contribution in [0.1, 0.15) is 0 Å². The molecular weight excluding hydrogens is 159 g/mol. The van der Waals surface area contributed by atoms with Gasteiger partial charge in [0, 0.05) is 18.9 Å². The third kappa shape index (κ3) is 3.98. The number of hydrogen-bond acceptors (Lipinski definition) is 4. The molecule has 0 aromatic rings. The second-order valence-electron chi connectivity index (χ2n) is 0.654. The molecule has 0 saturated heterocycles. The van der Waals surface area contributed by atoms with E-state index >= 15 is 0 Å². The van der Waals surface area contributed by atoms with Crippen LogP contribution < -0.4 is 0 Å². The first kappa shape index (κ1) is 12.2. The van der Waals surface area contributed by atoms with Crippen molar-refractivity contribution >= 4 is 26.7 Å². The molecule has 0 aliphatic carbocycles. The molecule has 9 heavy (non-hydrogen) atoms. The quantitative estimate of drug-likeness (QED) is 0.461. The molecule has 0 fully saturated rings. The van der Waals surface area contributed by atoms with Crippen LogP contribution in [0.5, 0.6) is 0 Å². The first-order valence-corrected chi connectivity index (χ1v) is 2.65. The van der Waals surface area contributed by atoms with Crippen molar-refractivity contribution in [2.24, 2.45) is 0 Å². The predicted molar refractivity (Wildman–Crippen MR) is 19.9 cm³/mol. The fraction of sp³-hybridized carbons (Fsp3) is 0. The van der Waals surface area contributed by atoms with Gasteiger partial charge in [0.1, 0.15) is 0 Å². The molecular formula is F3LiO4P. The molecule has 0 amide bonds. The molecule has 0 spiro atoms. The van der Waals surface area contributed by atoms with Gasteiger partial charge in [0.15, 0.2) is 0 Å². The summed E-state index contributed by atoms with van der Waals surface area (Å²) in [7, 11) is -5.16. The first-order chi connectivity index (χ1) is 3.68. The van der Waals surface area contributed by atoms with E-state index < -0.39 is 7.82 Å². The van der Waals surface area contributed by atoms with Gasteiger partial charge < -0.3 is 0 Å². The van der Waals surface area contributed by atoms with Gasteiger partial charge in [0.2, 0.25) is 0 Å². The van der Waals surface area contributed by atoms with E-state index in [0.717, 1.165) is 0 Å². The Morgan fingerprint density at radius 1 is 1.00 bits per heavy atom. The van der Waals surface area contributed by atoms with Crippen LogP contribution in [0.15, 0.2) is 0 Å². The van der Waals surface area contributed by atoms with Crippen LogP contribution in [0.4, 0.5) is 13.6 Å². The van der Waals surface area contributed by atoms with E-state index in [0.29, 0.717) is 0 Å². The van der Waals surface area contributed by atoms with Crippen LogP contribution in [0.3, 0.4) is 0 Å². The molecule has 0 aromatic heterocycles. The van der Waals surface area contributed by atoms with Gasteiger partial charge in [-0.3, -0.25) is 0 Å². The van der Waals surface area contributed by atoms with Crippen molar-refractivity contribution in [3.8, 4) is 0 Å². The van der Waals surface area contributed by atoms with Crippen LogP contribution in [-0.2, 0) is 18.8 Å². The summed E-state index contributed by atoms with van der Waals surface area (Å²) in [5.41, 5.74) is 0. The van der Waals surface area contributed by atoms with Crippen molar-refractivity contribution in [3.63, 3.8) is 0 Å². The number of rotatable bonds is 3. The SMILES string of the molecule is O=P(OF)(OF)OF.[Li]. The summed E-state index contributed by atoms with van der Waals surface area (Å²) in [6, 6.07) is 0. The number of phosphoric acid groups is 1. The van der Waals surface area contributed by atoms with E-state index in [4.69, 9.17) is 0 Å². The summed E-state index contributed by atoms with van der Waals surface area (Å²) in [5, 5.41) is 0. The number of halogens is 3. The third-order valence-corrected chi connectivity index (χ3v) is 0.761. The zero-order valence-corrected chi connectivity index (χ0v) is 5.11. The Morgan fingerprint density at radius 2 is 1.22 bits per heavy atom. The molecule has 9 heteroatoms. The van der Waals surface area contributed by atoms with Crippen molar-refractivity contribution in [1.82, 2.24) is 0 Å². The topological polar surface area (TPSA) is 44.8 Å². The Hall–Kier alpha value is 0.497. The van der Waals surface area contributed by atoms with Gasteiger partial charge in [0.25, 0.3) is 0 Å². The average Bonchev–Trinajstić information content (AvgIpc) is 1.87. The predicted octanol–water partition coefficient (Wildman–Crippen LogP) is 1.42. The van der Waals surface area contributed by atoms with Gasteiger partial charge in [-0.2, -0.15) is 0 Å². The van der Waals surface area contributed by atoms with Crippen molar-refractivity contribution in [2.75, 3.05) is 0 Å². The van der Waals surface area contributed by atoms with Gasteiger partial charge >= 0.3 is 7.82 Å². The van der Waals surface area contributed by atoms with E-state index in [1.54, 1.807) is 0 Å². The van der Waals surface area contributed by atoms with Crippen molar-refractivity contribution in [2.45, 2.75) is 0 Å². The summed E-state index contributed by atoms with van der Waals surface area (Å²) in [6.07, 6.45) is 0. The van der Waals surface area contributed by atoms with E-state index in [1.165, 1.54) is 0 Å². The fourth-order valence-electron chi connectivity index (χ4n) is 0.0319. The maximum Gasteiger partial charge on any atom is 0.568 e. The molecule has 1 radical (unpaired) electrons. The normalized spacial score (nSPS) is 10.6. The van der Waals surface area contributed by atoms with E-state index in [2.05, 4.69) is 14.2 Å². The maximum absolute atomic E-state index is 10.5. The Morgan fingerprint density at radius 3 is 1.22 bits per heavy atom. The second kappa shape index (κ2) is 5.30. The van der Waals surface area contributed by atoms with Crippen LogP contribution in [0.2, 0.25) is 0 Å². The fourth-order valence-corrected chi connectivity index (χ4v) is 0.0958. The Balaban J connectivity index is 0. The van der Waals surface area contributed by atoms with E-state index in [1.807, 2.05) is 0 Å². The Kier molecular flexibility index (Phi) is 7.18. The molecule has 0 rings (SSSR count). The summed E-state index contributed by atoms with van der Waals surface area (Å²) >= 11 is 0. The zero-order valence-electron chi connectivity index (χ0n) is 4.21. The molecule has 0 heterocycles. The summed E-state index contributed by atoms with van der Waals surface area (Å²) in [5.74, 6) is 0. The van der Waals surface area contributed by atoms with Crippen LogP contribution in [0, 0.1) is 0 Å². The van der Waals surface area contributed by atoms with Crippen LogP contribution >= 0.6 is 7.82 Å². The van der Waals surface area contributed by atoms with E-state index in [-0.39, 0.29) is 18.9 Å². The van der Waals surface area contributed by atoms with Gasteiger partial charge in [-0.15, -0.1) is 0 Å². The molecule has 51 valence electrons. The minimum absolute atomic E-state index is 0. The van der Waals surface area contributed by atoms with Gasteiger partial charge in [-0.25, -0.2) is 4.57 Å². The molecule has 0 aromatic carbocycles.